The van der Waals surface area contributed by atoms with Crippen molar-refractivity contribution in [3.8, 4) is 5.75 Å². The predicted molar refractivity (Wildman–Crippen MR) is 126 cm³/mol. The van der Waals surface area contributed by atoms with Crippen LogP contribution in [0.3, 0.4) is 0 Å². The number of halogens is 4. The molecule has 3 rings (SSSR count). The van der Waals surface area contributed by atoms with E-state index >= 15 is 0 Å². The third-order valence-corrected chi connectivity index (χ3v) is 5.88. The van der Waals surface area contributed by atoms with Crippen LogP contribution in [0.15, 0.2) is 40.8 Å². The number of ketones is 1. The van der Waals surface area contributed by atoms with Gasteiger partial charge in [-0.25, -0.2) is 13.8 Å². The van der Waals surface area contributed by atoms with Crippen molar-refractivity contribution in [2.45, 2.75) is 31.8 Å². The number of nitrogens with one attached hydrogen (secondary N) is 2. The van der Waals surface area contributed by atoms with Gasteiger partial charge in [-0.2, -0.15) is 8.78 Å². The van der Waals surface area contributed by atoms with Crippen molar-refractivity contribution in [2.24, 2.45) is 0 Å². The molecule has 0 aliphatic carbocycles. The fraction of sp³-hybridized carbons (Fsp3) is 0.261. The lowest BCUT2D eigenvalue weighted by atomic mass is 10.1. The zero-order valence-electron chi connectivity index (χ0n) is 19.5. The van der Waals surface area contributed by atoms with E-state index in [0.717, 1.165) is 4.57 Å². The number of aromatic nitrogens is 2. The molecule has 0 saturated heterocycles. The van der Waals surface area contributed by atoms with Crippen molar-refractivity contribution in [3.63, 3.8) is 0 Å². The molecule has 38 heavy (non-hydrogen) atoms. The molecule has 202 valence electrons. The number of carboxylic acid groups (broad SMARTS) is 1. The predicted octanol–water partition coefficient (Wildman–Crippen LogP) is 3.16. The molecule has 3 aromatic rings. The molecule has 0 spiro atoms. The number of amides is 1. The Bertz CT molecular complexity index is 1370. The van der Waals surface area contributed by atoms with Crippen LogP contribution in [0, 0.1) is 23.3 Å². The first-order valence-corrected chi connectivity index (χ1v) is 11.8. The average Bonchev–Trinajstić information content (AvgIpc) is 3.38. The second-order valence-corrected chi connectivity index (χ2v) is 8.63. The molecule has 0 fully saturated rings. The van der Waals surface area contributed by atoms with Crippen LogP contribution in [0.1, 0.15) is 25.8 Å². The van der Waals surface area contributed by atoms with E-state index in [9.17, 15) is 41.8 Å². The van der Waals surface area contributed by atoms with Crippen LogP contribution in [0.2, 0.25) is 0 Å². The van der Waals surface area contributed by atoms with Crippen molar-refractivity contribution >= 4 is 39.8 Å². The largest absolute Gasteiger partial charge is 0.481 e. The molecule has 0 aliphatic rings. The first-order valence-electron chi connectivity index (χ1n) is 10.9. The van der Waals surface area contributed by atoms with Gasteiger partial charge in [0, 0.05) is 23.8 Å². The SMILES string of the molecule is CCC(C(=O)NC(CC(=O)O)C(=O)COc1c(F)c(F)cc(F)c1F)n1cccc(Nc2nccs2)c1=O. The zero-order valence-corrected chi connectivity index (χ0v) is 20.4. The number of rotatable bonds is 12. The summed E-state index contributed by atoms with van der Waals surface area (Å²) in [6.07, 6.45) is 1.95. The number of anilines is 2. The maximum Gasteiger partial charge on any atom is 0.305 e. The van der Waals surface area contributed by atoms with Crippen molar-refractivity contribution < 1.29 is 41.8 Å². The summed E-state index contributed by atoms with van der Waals surface area (Å²) in [7, 11) is 0. The number of benzene rings is 1. The Balaban J connectivity index is 1.79. The molecule has 2 heterocycles. The molecule has 1 aromatic carbocycles. The number of hydrogen-bond donors (Lipinski definition) is 3. The summed E-state index contributed by atoms with van der Waals surface area (Å²) in [5, 5.41) is 16.3. The summed E-state index contributed by atoms with van der Waals surface area (Å²) in [5.74, 6) is -12.4. The molecule has 0 aliphatic heterocycles. The lowest BCUT2D eigenvalue weighted by molar-refractivity contribution is -0.140. The molecule has 3 N–H and O–H groups in total. The summed E-state index contributed by atoms with van der Waals surface area (Å²) in [6.45, 7) is 0.345. The van der Waals surface area contributed by atoms with E-state index in [1.807, 2.05) is 0 Å². The van der Waals surface area contributed by atoms with E-state index in [2.05, 4.69) is 20.4 Å². The van der Waals surface area contributed by atoms with E-state index in [-0.39, 0.29) is 18.2 Å². The van der Waals surface area contributed by atoms with Gasteiger partial charge in [-0.05, 0) is 18.6 Å². The fourth-order valence-electron chi connectivity index (χ4n) is 3.37. The van der Waals surface area contributed by atoms with Crippen LogP contribution < -0.4 is 20.9 Å². The molecule has 0 saturated carbocycles. The Morgan fingerprint density at radius 3 is 2.45 bits per heavy atom. The number of pyridine rings is 1. The minimum absolute atomic E-state index is 0.0515. The Morgan fingerprint density at radius 1 is 1.18 bits per heavy atom. The molecule has 15 heteroatoms. The molecular weight excluding hydrogens is 536 g/mol. The number of nitrogens with zero attached hydrogens (tertiary/aromatic N) is 2. The van der Waals surface area contributed by atoms with Gasteiger partial charge in [0.05, 0.1) is 6.42 Å². The minimum Gasteiger partial charge on any atom is -0.481 e. The highest BCUT2D eigenvalue weighted by Gasteiger charge is 2.30. The Kier molecular flexibility index (Phi) is 9.17. The van der Waals surface area contributed by atoms with Gasteiger partial charge in [0.2, 0.25) is 17.5 Å². The van der Waals surface area contributed by atoms with Crippen molar-refractivity contribution in [1.29, 1.82) is 0 Å². The number of thiazole rings is 1. The first kappa shape index (κ1) is 28.3. The summed E-state index contributed by atoms with van der Waals surface area (Å²) in [5.41, 5.74) is -0.500. The van der Waals surface area contributed by atoms with Gasteiger partial charge < -0.3 is 25.0 Å². The molecule has 0 bridgehead atoms. The number of carbonyl (C=O) groups is 3. The van der Waals surface area contributed by atoms with E-state index in [1.54, 1.807) is 12.3 Å². The highest BCUT2D eigenvalue weighted by atomic mass is 32.1. The van der Waals surface area contributed by atoms with Crippen LogP contribution >= 0.6 is 11.3 Å². The number of ether oxygens (including phenoxy) is 1. The number of carbonyl (C=O) groups excluding carboxylic acids is 2. The molecular formula is C23H20F4N4O6S. The van der Waals surface area contributed by atoms with Crippen molar-refractivity contribution in [2.75, 3.05) is 11.9 Å². The molecule has 2 atom stereocenters. The standard InChI is InChI=1S/C23H20F4N4O6S/c1-2-15(31-6-3-4-13(22(31)36)30-23-28-5-7-38-23)21(35)29-14(9-17(33)34)16(32)10-37-20-18(26)11(24)8-12(25)19(20)27/h3-8,14-15H,2,9-10H2,1H3,(H,28,30)(H,29,35)(H,33,34). The van der Waals surface area contributed by atoms with Gasteiger partial charge in [0.15, 0.2) is 28.3 Å². The monoisotopic (exact) mass is 556 g/mol. The topological polar surface area (TPSA) is 140 Å². The second kappa shape index (κ2) is 12.3. The third-order valence-electron chi connectivity index (χ3n) is 5.19. The van der Waals surface area contributed by atoms with E-state index < -0.39 is 77.3 Å². The van der Waals surface area contributed by atoms with Crippen LogP contribution in [-0.2, 0) is 14.4 Å². The zero-order chi connectivity index (χ0) is 28.0. The quantitative estimate of drug-likeness (QED) is 0.228. The van der Waals surface area contributed by atoms with Crippen LogP contribution in [0.4, 0.5) is 28.4 Å². The summed E-state index contributed by atoms with van der Waals surface area (Å²) >= 11 is 1.23. The lowest BCUT2D eigenvalue weighted by Crippen LogP contribution is -2.48. The van der Waals surface area contributed by atoms with E-state index in [0.29, 0.717) is 5.13 Å². The third kappa shape index (κ3) is 6.53. The number of aliphatic carboxylic acids is 1. The van der Waals surface area contributed by atoms with Gasteiger partial charge in [0.1, 0.15) is 24.4 Å². The maximum atomic E-state index is 13.8. The molecule has 1 amide bonds. The average molecular weight is 556 g/mol. The van der Waals surface area contributed by atoms with Gasteiger partial charge >= 0.3 is 5.97 Å². The molecule has 10 nitrogen and oxygen atoms in total. The van der Waals surface area contributed by atoms with Gasteiger partial charge in [-0.1, -0.05) is 6.92 Å². The maximum absolute atomic E-state index is 13.8. The lowest BCUT2D eigenvalue weighted by Gasteiger charge is -2.22. The smallest absolute Gasteiger partial charge is 0.305 e. The van der Waals surface area contributed by atoms with Gasteiger partial charge in [-0.15, -0.1) is 11.3 Å². The van der Waals surface area contributed by atoms with E-state index in [4.69, 9.17) is 0 Å². The van der Waals surface area contributed by atoms with Crippen LogP contribution in [0.5, 0.6) is 5.75 Å². The van der Waals surface area contributed by atoms with Crippen molar-refractivity contribution in [3.05, 3.63) is 69.6 Å². The van der Waals surface area contributed by atoms with E-state index in [1.165, 1.54) is 35.9 Å². The van der Waals surface area contributed by atoms with Crippen LogP contribution in [0.25, 0.3) is 0 Å². The first-order chi connectivity index (χ1) is 18.0. The number of carboxylic acids is 1. The highest BCUT2D eigenvalue weighted by Crippen LogP contribution is 2.26. The Morgan fingerprint density at radius 2 is 1.87 bits per heavy atom. The van der Waals surface area contributed by atoms with Crippen molar-refractivity contribution in [1.82, 2.24) is 14.9 Å². The highest BCUT2D eigenvalue weighted by molar-refractivity contribution is 7.13. The number of Topliss-reactive ketones (excluding diaryl/α,β-unsaturated/α-hetero) is 1. The normalized spacial score (nSPS) is 12.4. The molecule has 0 radical (unpaired) electrons. The Labute approximate surface area is 215 Å². The molecule has 2 unspecified atom stereocenters. The summed E-state index contributed by atoms with van der Waals surface area (Å²) < 4.78 is 60.1. The Hall–Kier alpha value is -4.27. The fourth-order valence-corrected chi connectivity index (χ4v) is 3.91. The minimum atomic E-state index is -1.90. The molecule has 2 aromatic heterocycles. The number of hydrogen-bond acceptors (Lipinski definition) is 8. The van der Waals surface area contributed by atoms with Gasteiger partial charge in [-0.3, -0.25) is 19.2 Å². The van der Waals surface area contributed by atoms with Gasteiger partial charge in [0.25, 0.3) is 5.56 Å². The summed E-state index contributed by atoms with van der Waals surface area (Å²) in [6, 6.07) is -0.0425. The van der Waals surface area contributed by atoms with Crippen LogP contribution in [-0.4, -0.2) is 45.0 Å². The second-order valence-electron chi connectivity index (χ2n) is 7.73. The summed E-state index contributed by atoms with van der Waals surface area (Å²) in [4.78, 5) is 53.9.